The van der Waals surface area contributed by atoms with Crippen LogP contribution < -0.4 is 10.5 Å². The number of benzene rings is 2. The maximum Gasteiger partial charge on any atom is 0.275 e. The van der Waals surface area contributed by atoms with Gasteiger partial charge >= 0.3 is 0 Å². The summed E-state index contributed by atoms with van der Waals surface area (Å²) >= 11 is 6.64. The van der Waals surface area contributed by atoms with Gasteiger partial charge in [-0.1, -0.05) is 23.7 Å². The minimum atomic E-state index is -0.675. The summed E-state index contributed by atoms with van der Waals surface area (Å²) in [5, 5.41) is 0.111. The maximum atomic E-state index is 14.3. The van der Waals surface area contributed by atoms with Crippen LogP contribution in [0.25, 0.3) is 21.9 Å². The van der Waals surface area contributed by atoms with Crippen molar-refractivity contribution in [1.29, 1.82) is 0 Å². The number of ether oxygens (including phenoxy) is 1. The van der Waals surface area contributed by atoms with Gasteiger partial charge in [0.05, 0.1) is 13.7 Å². The van der Waals surface area contributed by atoms with Crippen molar-refractivity contribution in [3.63, 3.8) is 0 Å². The molecule has 2 aromatic carbocycles. The molecule has 1 aromatic heterocycles. The predicted molar refractivity (Wildman–Crippen MR) is 115 cm³/mol. The molecule has 0 unspecified atom stereocenters. The number of nitrogens with two attached hydrogens (primary N) is 1. The molecule has 1 fully saturated rings. The van der Waals surface area contributed by atoms with Crippen molar-refractivity contribution in [2.24, 2.45) is 5.73 Å². The molecule has 0 saturated carbocycles. The van der Waals surface area contributed by atoms with Gasteiger partial charge in [0.1, 0.15) is 22.5 Å². The van der Waals surface area contributed by atoms with Crippen LogP contribution in [0, 0.1) is 12.4 Å². The Bertz CT molecular complexity index is 1190. The summed E-state index contributed by atoms with van der Waals surface area (Å²) in [7, 11) is 1.56. The summed E-state index contributed by atoms with van der Waals surface area (Å²) in [5.41, 5.74) is 6.92. The van der Waals surface area contributed by atoms with Gasteiger partial charge in [0.25, 0.3) is 5.91 Å². The number of halogens is 2. The SMILES string of the molecule is [C-]#[N+]c1ccc(-c2nc(C(=O)N3CC[C@@H](N)C3)c(Cl)n2-c2ccc(OC)cc2)cc1F. The fraction of sp³-hybridized carbons (Fsp3) is 0.227. The first-order chi connectivity index (χ1) is 14.9. The fourth-order valence-electron chi connectivity index (χ4n) is 3.56. The predicted octanol–water partition coefficient (Wildman–Crippen LogP) is 4.06. The molecule has 0 spiro atoms. The Morgan fingerprint density at radius 3 is 2.65 bits per heavy atom. The molecule has 1 amide bonds. The molecular weight excluding hydrogens is 421 g/mol. The van der Waals surface area contributed by atoms with Crippen LogP contribution in [0.2, 0.25) is 5.15 Å². The molecule has 1 aliphatic heterocycles. The van der Waals surface area contributed by atoms with Gasteiger partial charge in [-0.3, -0.25) is 9.36 Å². The molecule has 1 aliphatic rings. The van der Waals surface area contributed by atoms with Crippen LogP contribution in [-0.2, 0) is 0 Å². The zero-order valence-electron chi connectivity index (χ0n) is 16.7. The molecule has 2 N–H and O–H groups in total. The molecule has 0 bridgehead atoms. The Labute approximate surface area is 183 Å². The van der Waals surface area contributed by atoms with E-state index in [0.717, 1.165) is 0 Å². The minimum Gasteiger partial charge on any atom is -0.497 e. The third-order valence-electron chi connectivity index (χ3n) is 5.19. The lowest BCUT2D eigenvalue weighted by atomic mass is 10.2. The zero-order valence-corrected chi connectivity index (χ0v) is 17.4. The number of amides is 1. The smallest absolute Gasteiger partial charge is 0.275 e. The second kappa shape index (κ2) is 8.38. The summed E-state index contributed by atoms with van der Waals surface area (Å²) < 4.78 is 21.1. The van der Waals surface area contributed by atoms with Gasteiger partial charge in [-0.15, -0.1) is 0 Å². The van der Waals surface area contributed by atoms with E-state index in [2.05, 4.69) is 9.83 Å². The van der Waals surface area contributed by atoms with Gasteiger partial charge in [0.15, 0.2) is 5.69 Å². The summed E-state index contributed by atoms with van der Waals surface area (Å²) in [6.07, 6.45) is 0.707. The number of aromatic nitrogens is 2. The van der Waals surface area contributed by atoms with Gasteiger partial charge < -0.3 is 15.4 Å². The van der Waals surface area contributed by atoms with Crippen molar-refractivity contribution in [2.45, 2.75) is 12.5 Å². The van der Waals surface area contributed by atoms with Crippen LogP contribution in [0.15, 0.2) is 42.5 Å². The highest BCUT2D eigenvalue weighted by molar-refractivity contribution is 6.33. The number of nitrogens with zero attached hydrogens (tertiary/aromatic N) is 4. The number of rotatable bonds is 4. The van der Waals surface area contributed by atoms with E-state index >= 15 is 0 Å². The highest BCUT2D eigenvalue weighted by Gasteiger charge is 2.30. The Morgan fingerprint density at radius 1 is 1.32 bits per heavy atom. The molecule has 9 heteroatoms. The van der Waals surface area contributed by atoms with Gasteiger partial charge in [0.2, 0.25) is 5.69 Å². The second-order valence-corrected chi connectivity index (χ2v) is 7.54. The molecule has 0 aliphatic carbocycles. The Morgan fingerprint density at radius 2 is 2.06 bits per heavy atom. The van der Waals surface area contributed by atoms with Crippen LogP contribution >= 0.6 is 11.6 Å². The van der Waals surface area contributed by atoms with Crippen molar-refractivity contribution >= 4 is 23.2 Å². The number of carbonyl (C=O) groups is 1. The van der Waals surface area contributed by atoms with Gasteiger partial charge in [0, 0.05) is 30.4 Å². The topological polar surface area (TPSA) is 77.7 Å². The zero-order chi connectivity index (χ0) is 22.1. The Hall–Kier alpha value is -3.41. The normalized spacial score (nSPS) is 15.7. The molecule has 1 saturated heterocycles. The average Bonchev–Trinajstić information content (AvgIpc) is 3.36. The highest BCUT2D eigenvalue weighted by Crippen LogP contribution is 2.33. The quantitative estimate of drug-likeness (QED) is 0.622. The van der Waals surface area contributed by atoms with Gasteiger partial charge in [-0.05, 0) is 36.8 Å². The summed E-state index contributed by atoms with van der Waals surface area (Å²) in [6.45, 7) is 8.00. The van der Waals surface area contributed by atoms with Crippen LogP contribution in [0.4, 0.5) is 10.1 Å². The molecule has 1 atom stereocenters. The molecule has 158 valence electrons. The number of methoxy groups -OCH3 is 1. The monoisotopic (exact) mass is 439 g/mol. The number of carbonyl (C=O) groups excluding carboxylic acids is 1. The van der Waals surface area contributed by atoms with Crippen LogP contribution in [0.5, 0.6) is 5.75 Å². The third-order valence-corrected chi connectivity index (χ3v) is 5.54. The standard InChI is InChI=1S/C22H19ClFN5O2/c1-26-18-8-3-13(11-17(18)24)21-27-19(22(30)28-10-9-14(25)12-28)20(23)29(21)15-4-6-16(31-2)7-5-15/h3-8,11,14H,9-10,12,25H2,2H3/t14-/m1/s1. The molecule has 31 heavy (non-hydrogen) atoms. The third kappa shape index (κ3) is 3.85. The molecule has 4 rings (SSSR count). The Balaban J connectivity index is 1.86. The lowest BCUT2D eigenvalue weighted by Crippen LogP contribution is -2.32. The number of hydrogen-bond acceptors (Lipinski definition) is 4. The minimum absolute atomic E-state index is 0.0660. The first-order valence-electron chi connectivity index (χ1n) is 9.58. The van der Waals surface area contributed by atoms with Crippen LogP contribution in [-0.4, -0.2) is 46.6 Å². The summed E-state index contributed by atoms with van der Waals surface area (Å²) in [5.74, 6) is -0.0650. The summed E-state index contributed by atoms with van der Waals surface area (Å²) in [4.78, 5) is 22.3. The maximum absolute atomic E-state index is 14.3. The van der Waals surface area contributed by atoms with E-state index in [0.29, 0.717) is 36.5 Å². The lowest BCUT2D eigenvalue weighted by molar-refractivity contribution is 0.0786. The first kappa shape index (κ1) is 20.8. The number of likely N-dealkylation sites (tertiary alicyclic amines) is 1. The van der Waals surface area contributed by atoms with Crippen LogP contribution in [0.3, 0.4) is 0 Å². The van der Waals surface area contributed by atoms with Crippen LogP contribution in [0.1, 0.15) is 16.9 Å². The van der Waals surface area contributed by atoms with Crippen molar-refractivity contribution in [3.8, 4) is 22.8 Å². The number of hydrogen-bond donors (Lipinski definition) is 1. The van der Waals surface area contributed by atoms with Gasteiger partial charge in [-0.2, -0.15) is 0 Å². The van der Waals surface area contributed by atoms with E-state index in [1.807, 2.05) is 0 Å². The van der Waals surface area contributed by atoms with E-state index in [1.165, 1.54) is 12.1 Å². The first-order valence-corrected chi connectivity index (χ1v) is 9.95. The van der Waals surface area contributed by atoms with E-state index in [-0.39, 0.29) is 34.3 Å². The molecular formula is C22H19ClFN5O2. The molecule has 0 radical (unpaired) electrons. The van der Waals surface area contributed by atoms with E-state index < -0.39 is 5.82 Å². The van der Waals surface area contributed by atoms with Crippen molar-refractivity contribution < 1.29 is 13.9 Å². The van der Waals surface area contributed by atoms with E-state index in [1.54, 1.807) is 46.9 Å². The van der Waals surface area contributed by atoms with Crippen molar-refractivity contribution in [2.75, 3.05) is 20.2 Å². The van der Waals surface area contributed by atoms with Crippen molar-refractivity contribution in [1.82, 2.24) is 14.5 Å². The highest BCUT2D eigenvalue weighted by atomic mass is 35.5. The van der Waals surface area contributed by atoms with E-state index in [9.17, 15) is 9.18 Å². The number of imidazole rings is 1. The Kier molecular flexibility index (Phi) is 5.63. The molecule has 3 aromatic rings. The largest absolute Gasteiger partial charge is 0.497 e. The molecule has 7 nitrogen and oxygen atoms in total. The lowest BCUT2D eigenvalue weighted by Gasteiger charge is -2.14. The van der Waals surface area contributed by atoms with Gasteiger partial charge in [-0.25, -0.2) is 14.2 Å². The van der Waals surface area contributed by atoms with E-state index in [4.69, 9.17) is 28.6 Å². The second-order valence-electron chi connectivity index (χ2n) is 7.19. The summed E-state index contributed by atoms with van der Waals surface area (Å²) in [6, 6.07) is 11.1. The van der Waals surface area contributed by atoms with Crippen molar-refractivity contribution in [3.05, 3.63) is 70.5 Å². The average molecular weight is 440 g/mol. The molecule has 2 heterocycles. The fourth-order valence-corrected chi connectivity index (χ4v) is 3.86.